The molecule has 1 aliphatic heterocycles. The summed E-state index contributed by atoms with van der Waals surface area (Å²) in [6.45, 7) is 2.83. The summed E-state index contributed by atoms with van der Waals surface area (Å²) in [5, 5.41) is 5.27. The molecule has 0 aliphatic carbocycles. The van der Waals surface area contributed by atoms with Crippen LogP contribution in [-0.2, 0) is 24.2 Å². The maximum Gasteiger partial charge on any atom is 0.270 e. The average Bonchev–Trinajstić information content (AvgIpc) is 3.41. The highest BCUT2D eigenvalue weighted by Gasteiger charge is 2.31. The molecule has 5 rings (SSSR count). The number of hydrogen-bond acceptors (Lipinski definition) is 6. The number of fused-ring (bicyclic) bond motifs is 1. The predicted octanol–water partition coefficient (Wildman–Crippen LogP) is 4.72. The lowest BCUT2D eigenvalue weighted by Crippen LogP contribution is -2.39. The minimum atomic E-state index is -0.319. The van der Waals surface area contributed by atoms with Gasteiger partial charge in [0, 0.05) is 43.7 Å². The first-order chi connectivity index (χ1) is 18.5. The van der Waals surface area contributed by atoms with E-state index in [2.05, 4.69) is 15.3 Å². The molecule has 0 unspecified atom stereocenters. The fourth-order valence-corrected chi connectivity index (χ4v) is 5.28. The van der Waals surface area contributed by atoms with Gasteiger partial charge in [-0.1, -0.05) is 24.3 Å². The molecule has 2 aromatic carbocycles. The second kappa shape index (κ2) is 11.5. The summed E-state index contributed by atoms with van der Waals surface area (Å²) < 4.78 is 19.6. The first-order valence-electron chi connectivity index (χ1n) is 12.4. The van der Waals surface area contributed by atoms with Crippen LogP contribution in [0.3, 0.4) is 0 Å². The van der Waals surface area contributed by atoms with Crippen LogP contribution in [0.1, 0.15) is 50.8 Å². The highest BCUT2D eigenvalue weighted by molar-refractivity contribution is 7.09. The zero-order valence-corrected chi connectivity index (χ0v) is 21.7. The Kier molecular flexibility index (Phi) is 7.74. The molecule has 3 heterocycles. The van der Waals surface area contributed by atoms with Crippen LogP contribution in [-0.4, -0.2) is 39.8 Å². The third-order valence-electron chi connectivity index (χ3n) is 6.48. The van der Waals surface area contributed by atoms with Crippen LogP contribution in [0.15, 0.2) is 72.2 Å². The van der Waals surface area contributed by atoms with E-state index >= 15 is 0 Å². The molecule has 1 aliphatic rings. The minimum absolute atomic E-state index is 0.0371. The van der Waals surface area contributed by atoms with Gasteiger partial charge in [0.2, 0.25) is 5.91 Å². The van der Waals surface area contributed by atoms with E-state index in [4.69, 9.17) is 4.74 Å². The molecule has 194 valence electrons. The summed E-state index contributed by atoms with van der Waals surface area (Å²) in [4.78, 5) is 35.4. The highest BCUT2D eigenvalue weighted by atomic mass is 32.1. The third kappa shape index (κ3) is 5.89. The molecule has 0 fully saturated rings. The third-order valence-corrected chi connectivity index (χ3v) is 7.30. The Labute approximate surface area is 224 Å². The van der Waals surface area contributed by atoms with E-state index in [1.165, 1.54) is 23.5 Å². The molecule has 38 heavy (non-hydrogen) atoms. The molecule has 1 N–H and O–H groups in total. The molecule has 0 radical (unpaired) electrons. The number of carbonyl (C=O) groups excluding carboxylic acids is 2. The molecular weight excluding hydrogens is 503 g/mol. The van der Waals surface area contributed by atoms with E-state index < -0.39 is 0 Å². The largest absolute Gasteiger partial charge is 0.486 e. The molecule has 2 amide bonds. The standard InChI is InChI=1S/C29H27FN4O3S/c1-19(35)34-15-12-20-7-10-24(16-25(20)28(34)21-5-8-22(30)9-6-21)37-17-27-33-26(18-38-27)29(36)32-14-11-23-4-2-3-13-31-23/h2-10,13,16,18,28H,11-12,14-15,17H2,1H3,(H,32,36)/t28-/m0/s1. The number of carbonyl (C=O) groups is 2. The Balaban J connectivity index is 1.25. The Morgan fingerprint density at radius 3 is 2.76 bits per heavy atom. The number of pyridine rings is 1. The van der Waals surface area contributed by atoms with Gasteiger partial charge in [0.25, 0.3) is 5.91 Å². The number of amides is 2. The Bertz CT molecular complexity index is 1430. The van der Waals surface area contributed by atoms with Crippen molar-refractivity contribution in [3.05, 3.63) is 111 Å². The number of benzene rings is 2. The van der Waals surface area contributed by atoms with Gasteiger partial charge in [0.1, 0.15) is 28.9 Å². The lowest BCUT2D eigenvalue weighted by Gasteiger charge is -2.37. The quantitative estimate of drug-likeness (QED) is 0.356. The van der Waals surface area contributed by atoms with Crippen LogP contribution in [0, 0.1) is 5.82 Å². The molecule has 1 atom stereocenters. The zero-order chi connectivity index (χ0) is 26.5. The fourth-order valence-electron chi connectivity index (χ4n) is 4.59. The summed E-state index contributed by atoms with van der Waals surface area (Å²) in [7, 11) is 0. The van der Waals surface area contributed by atoms with Gasteiger partial charge in [0.05, 0.1) is 6.04 Å². The van der Waals surface area contributed by atoms with Crippen LogP contribution < -0.4 is 10.1 Å². The van der Waals surface area contributed by atoms with Crippen molar-refractivity contribution in [2.45, 2.75) is 32.4 Å². The summed E-state index contributed by atoms with van der Waals surface area (Å²) in [5.41, 5.74) is 4.20. The van der Waals surface area contributed by atoms with E-state index in [9.17, 15) is 14.0 Å². The van der Waals surface area contributed by atoms with E-state index in [0.29, 0.717) is 36.0 Å². The summed E-state index contributed by atoms with van der Waals surface area (Å²) in [5.74, 6) is 0.0485. The van der Waals surface area contributed by atoms with Gasteiger partial charge in [-0.3, -0.25) is 14.6 Å². The van der Waals surface area contributed by atoms with E-state index in [1.54, 1.807) is 35.5 Å². The normalized spacial score (nSPS) is 14.6. The van der Waals surface area contributed by atoms with Crippen LogP contribution in [0.4, 0.5) is 4.39 Å². The van der Waals surface area contributed by atoms with Crippen molar-refractivity contribution in [1.82, 2.24) is 20.2 Å². The zero-order valence-electron chi connectivity index (χ0n) is 20.9. The number of nitrogens with one attached hydrogen (secondary N) is 1. The van der Waals surface area contributed by atoms with Crippen LogP contribution in [0.25, 0.3) is 0 Å². The van der Waals surface area contributed by atoms with E-state index in [-0.39, 0.29) is 30.3 Å². The van der Waals surface area contributed by atoms with Crippen LogP contribution in [0.5, 0.6) is 5.75 Å². The van der Waals surface area contributed by atoms with Crippen molar-refractivity contribution in [1.29, 1.82) is 0 Å². The fraction of sp³-hybridized carbons (Fsp3) is 0.241. The van der Waals surface area contributed by atoms with Gasteiger partial charge < -0.3 is 15.0 Å². The predicted molar refractivity (Wildman–Crippen MR) is 142 cm³/mol. The van der Waals surface area contributed by atoms with Gasteiger partial charge >= 0.3 is 0 Å². The first-order valence-corrected chi connectivity index (χ1v) is 13.3. The second-order valence-corrected chi connectivity index (χ2v) is 9.96. The molecule has 0 bridgehead atoms. The summed E-state index contributed by atoms with van der Waals surface area (Å²) >= 11 is 1.36. The highest BCUT2D eigenvalue weighted by Crippen LogP contribution is 2.37. The SMILES string of the molecule is CC(=O)N1CCc2ccc(OCc3nc(C(=O)NCCc4ccccn4)cs3)cc2[C@@H]1c1ccc(F)cc1. The van der Waals surface area contributed by atoms with Crippen molar-refractivity contribution in [2.75, 3.05) is 13.1 Å². The number of nitrogens with zero attached hydrogens (tertiary/aromatic N) is 3. The van der Waals surface area contributed by atoms with E-state index in [1.807, 2.05) is 36.4 Å². The molecule has 7 nitrogen and oxygen atoms in total. The molecule has 0 saturated carbocycles. The lowest BCUT2D eigenvalue weighted by molar-refractivity contribution is -0.130. The number of halogens is 1. The Morgan fingerprint density at radius 2 is 2.00 bits per heavy atom. The molecule has 0 saturated heterocycles. The Morgan fingerprint density at radius 1 is 1.16 bits per heavy atom. The van der Waals surface area contributed by atoms with Gasteiger partial charge in [0.15, 0.2) is 0 Å². The van der Waals surface area contributed by atoms with Gasteiger partial charge in [-0.05, 0) is 59.5 Å². The smallest absolute Gasteiger partial charge is 0.270 e. The van der Waals surface area contributed by atoms with Gasteiger partial charge in [-0.25, -0.2) is 9.37 Å². The average molecular weight is 531 g/mol. The van der Waals surface area contributed by atoms with Crippen LogP contribution >= 0.6 is 11.3 Å². The van der Waals surface area contributed by atoms with E-state index in [0.717, 1.165) is 28.8 Å². The van der Waals surface area contributed by atoms with Crippen molar-refractivity contribution < 1.29 is 18.7 Å². The van der Waals surface area contributed by atoms with Gasteiger partial charge in [-0.2, -0.15) is 0 Å². The van der Waals surface area contributed by atoms with Crippen LogP contribution in [0.2, 0.25) is 0 Å². The van der Waals surface area contributed by atoms with Gasteiger partial charge in [-0.15, -0.1) is 11.3 Å². The van der Waals surface area contributed by atoms with Crippen molar-refractivity contribution >= 4 is 23.2 Å². The second-order valence-electron chi connectivity index (χ2n) is 9.02. The number of aromatic nitrogens is 2. The lowest BCUT2D eigenvalue weighted by atomic mass is 9.88. The molecular formula is C29H27FN4O3S. The molecule has 9 heteroatoms. The topological polar surface area (TPSA) is 84.4 Å². The maximum absolute atomic E-state index is 13.6. The Hall–Kier alpha value is -4.11. The summed E-state index contributed by atoms with van der Waals surface area (Å²) in [6, 6.07) is 17.5. The molecule has 2 aromatic heterocycles. The maximum atomic E-state index is 13.6. The monoisotopic (exact) mass is 530 g/mol. The number of thiazole rings is 1. The van der Waals surface area contributed by atoms with Crippen molar-refractivity contribution in [3.8, 4) is 5.75 Å². The first kappa shape index (κ1) is 25.5. The van der Waals surface area contributed by atoms with Crippen molar-refractivity contribution in [2.24, 2.45) is 0 Å². The number of hydrogen-bond donors (Lipinski definition) is 1. The molecule has 0 spiro atoms. The molecule has 4 aromatic rings. The summed E-state index contributed by atoms with van der Waals surface area (Å²) in [6.07, 6.45) is 3.11. The number of rotatable bonds is 8. The van der Waals surface area contributed by atoms with Crippen molar-refractivity contribution in [3.63, 3.8) is 0 Å². The minimum Gasteiger partial charge on any atom is -0.486 e. The number of ether oxygens (including phenoxy) is 1.